The largest absolute Gasteiger partial charge is 0.481 e. The summed E-state index contributed by atoms with van der Waals surface area (Å²) < 4.78 is 0. The van der Waals surface area contributed by atoms with Gasteiger partial charge in [0.2, 0.25) is 41.4 Å². The summed E-state index contributed by atoms with van der Waals surface area (Å²) in [6.07, 6.45) is 2.95. The molecule has 25 nitrogen and oxygen atoms in total. The van der Waals surface area contributed by atoms with Crippen molar-refractivity contribution >= 4 is 59.3 Å². The lowest BCUT2D eigenvalue weighted by Gasteiger charge is -2.26. The molecule has 0 fully saturated rings. The van der Waals surface area contributed by atoms with E-state index >= 15 is 0 Å². The van der Waals surface area contributed by atoms with Crippen LogP contribution >= 0.6 is 0 Å². The molecule has 0 bridgehead atoms. The molecule has 0 unspecified atom stereocenters. The van der Waals surface area contributed by atoms with Crippen LogP contribution in [-0.2, 0) is 73.6 Å². The fourth-order valence-corrected chi connectivity index (χ4v) is 6.60. The Labute approximate surface area is 393 Å². The summed E-state index contributed by atoms with van der Waals surface area (Å²) >= 11 is 0. The van der Waals surface area contributed by atoms with Gasteiger partial charge in [0.15, 0.2) is 0 Å². The van der Waals surface area contributed by atoms with Crippen molar-refractivity contribution in [3.05, 3.63) is 108 Å². The van der Waals surface area contributed by atoms with Gasteiger partial charge >= 0.3 is 17.9 Å². The van der Waals surface area contributed by atoms with Crippen molar-refractivity contribution in [2.24, 2.45) is 5.73 Å². The highest BCUT2D eigenvalue weighted by molar-refractivity contribution is 5.98. The van der Waals surface area contributed by atoms with Crippen molar-refractivity contribution in [3.8, 4) is 0 Å². The quantitative estimate of drug-likeness (QED) is 0.0287. The van der Waals surface area contributed by atoms with E-state index in [2.05, 4.69) is 57.2 Å². The zero-order valence-electron chi connectivity index (χ0n) is 37.3. The van der Waals surface area contributed by atoms with Crippen molar-refractivity contribution in [1.29, 1.82) is 0 Å². The number of aliphatic carboxylic acids is 3. The number of nitrogens with one attached hydrogen (secondary N) is 9. The summed E-state index contributed by atoms with van der Waals surface area (Å²) in [6, 6.07) is 4.82. The minimum atomic E-state index is -1.85. The lowest BCUT2D eigenvalue weighted by molar-refractivity contribution is -0.142. The van der Waals surface area contributed by atoms with Gasteiger partial charge < -0.3 is 68.2 Å². The van der Waals surface area contributed by atoms with E-state index < -0.39 is 120 Å². The van der Waals surface area contributed by atoms with Crippen LogP contribution in [0.4, 0.5) is 0 Å². The third-order valence-electron chi connectivity index (χ3n) is 10.3. The number of aromatic nitrogens is 4. The predicted octanol–water partition coefficient (Wildman–Crippen LogP) is -2.80. The van der Waals surface area contributed by atoms with Gasteiger partial charge in [-0.1, -0.05) is 60.7 Å². The first-order chi connectivity index (χ1) is 32.8. The lowest BCUT2D eigenvalue weighted by Crippen LogP contribution is -2.60. The van der Waals surface area contributed by atoms with Gasteiger partial charge in [0.1, 0.15) is 42.3 Å². The molecule has 25 heteroatoms. The highest BCUT2D eigenvalue weighted by Gasteiger charge is 2.34. The molecule has 2 aromatic carbocycles. The Hall–Kier alpha value is -8.48. The van der Waals surface area contributed by atoms with Gasteiger partial charge in [0.05, 0.1) is 31.5 Å². The Balaban J connectivity index is 1.50. The van der Waals surface area contributed by atoms with Gasteiger partial charge in [-0.2, -0.15) is 0 Å². The predicted molar refractivity (Wildman–Crippen MR) is 240 cm³/mol. The Morgan fingerprint density at radius 1 is 0.478 bits per heavy atom. The van der Waals surface area contributed by atoms with Crippen LogP contribution in [0, 0.1) is 0 Å². The van der Waals surface area contributed by atoms with Crippen LogP contribution in [0.3, 0.4) is 0 Å². The molecule has 0 radical (unpaired) electrons. The van der Waals surface area contributed by atoms with E-state index in [1.165, 1.54) is 38.9 Å². The fourth-order valence-electron chi connectivity index (χ4n) is 6.60. The van der Waals surface area contributed by atoms with Gasteiger partial charge in [0.25, 0.3) is 0 Å². The topological polar surface area (TPSA) is 399 Å². The molecule has 14 N–H and O–H groups in total. The number of benzene rings is 2. The zero-order chi connectivity index (χ0) is 50.6. The monoisotopic (exact) mass is 958 g/mol. The van der Waals surface area contributed by atoms with Crippen molar-refractivity contribution in [1.82, 2.24) is 57.2 Å². The van der Waals surface area contributed by atoms with Crippen LogP contribution in [-0.4, -0.2) is 143 Å². The van der Waals surface area contributed by atoms with E-state index in [9.17, 15) is 58.2 Å². The Morgan fingerprint density at radius 2 is 0.841 bits per heavy atom. The van der Waals surface area contributed by atoms with E-state index in [0.29, 0.717) is 22.5 Å². The summed E-state index contributed by atoms with van der Waals surface area (Å²) in [7, 11) is 0. The van der Waals surface area contributed by atoms with E-state index in [1.807, 2.05) is 0 Å². The molecule has 7 amide bonds. The first-order valence-corrected chi connectivity index (χ1v) is 21.4. The number of imidazole rings is 2. The molecule has 4 aromatic rings. The van der Waals surface area contributed by atoms with Crippen LogP contribution in [0.2, 0.25) is 0 Å². The van der Waals surface area contributed by atoms with Crippen molar-refractivity contribution in [2.75, 3.05) is 0 Å². The number of hydrogen-bond acceptors (Lipinski definition) is 13. The number of carboxylic acid groups (broad SMARTS) is 3. The molecular formula is C44H54N12O13. The summed E-state index contributed by atoms with van der Waals surface area (Å²) in [4.78, 5) is 143. The van der Waals surface area contributed by atoms with Gasteiger partial charge in [-0.25, -0.2) is 14.8 Å². The molecule has 0 saturated heterocycles. The van der Waals surface area contributed by atoms with Gasteiger partial charge in [0, 0.05) is 49.5 Å². The average molecular weight is 959 g/mol. The van der Waals surface area contributed by atoms with Gasteiger partial charge in [-0.15, -0.1) is 0 Å². The SMILES string of the molecule is C[C@H](NC(=O)[C@H](CC(=O)O)NC(=O)[C@H](Cc1ccccc1)NC(=O)[C@H](Cc1cnc[nH]1)NC(=O)[C@H](C)NC(=O)[C@@H](N)CC(=O)O)C(=O)N[C@@H](Cc1cnc[nH]1)C(=O)N[C@@H](Cc1ccccc1)C(=O)O. The molecular weight excluding hydrogens is 905 g/mol. The second-order valence-corrected chi connectivity index (χ2v) is 15.8. The van der Waals surface area contributed by atoms with E-state index in [1.54, 1.807) is 60.7 Å². The maximum atomic E-state index is 14.1. The van der Waals surface area contributed by atoms with E-state index in [-0.39, 0.29) is 25.7 Å². The van der Waals surface area contributed by atoms with Gasteiger partial charge in [-0.3, -0.25) is 43.2 Å². The maximum absolute atomic E-state index is 14.1. The normalized spacial score (nSPS) is 14.4. The number of carbonyl (C=O) groups is 10. The minimum Gasteiger partial charge on any atom is -0.481 e. The van der Waals surface area contributed by atoms with E-state index in [4.69, 9.17) is 10.8 Å². The van der Waals surface area contributed by atoms with Crippen LogP contribution in [0.1, 0.15) is 49.2 Å². The zero-order valence-corrected chi connectivity index (χ0v) is 37.3. The number of rotatable bonds is 27. The molecule has 8 atom stereocenters. The van der Waals surface area contributed by atoms with Crippen LogP contribution < -0.4 is 43.0 Å². The van der Waals surface area contributed by atoms with Gasteiger partial charge in [-0.05, 0) is 25.0 Å². The van der Waals surface area contributed by atoms with Crippen LogP contribution in [0.5, 0.6) is 0 Å². The standard InChI is InChI=1S/C44H54N12O13/c1-23(50-39(63)29(45)17-35(57)58)37(61)52-31(15-27-19-46-21-48-27)42(66)54-30(13-25-9-5-3-6-10-25)41(65)55-33(18-36(59)60)40(64)51-24(2)38(62)53-32(16-28-20-47-22-49-28)43(67)56-34(44(68)69)14-26-11-7-4-8-12-26/h3-12,19-24,29-34H,13-18,45H2,1-2H3,(H,46,48)(H,47,49)(H,50,63)(H,51,64)(H,52,61)(H,53,62)(H,54,66)(H,55,65)(H,56,67)(H,57,58)(H,59,60)(H,68,69)/t23-,24-,29-,30-,31-,32-,33-,34-/m0/s1. The van der Waals surface area contributed by atoms with Crippen molar-refractivity contribution in [2.45, 2.75) is 101 Å². The molecule has 4 rings (SSSR count). The molecule has 0 aliphatic rings. The number of amides is 7. The molecule has 0 saturated carbocycles. The Bertz CT molecular complexity index is 2400. The van der Waals surface area contributed by atoms with Crippen LogP contribution in [0.25, 0.3) is 0 Å². The molecule has 0 aliphatic heterocycles. The highest BCUT2D eigenvalue weighted by atomic mass is 16.4. The summed E-state index contributed by atoms with van der Waals surface area (Å²) in [5, 5.41) is 45.5. The number of nitrogens with two attached hydrogens (primary N) is 1. The number of nitrogens with zero attached hydrogens (tertiary/aromatic N) is 2. The summed E-state index contributed by atoms with van der Waals surface area (Å²) in [5.41, 5.74) is 7.48. The second kappa shape index (κ2) is 26.0. The highest BCUT2D eigenvalue weighted by Crippen LogP contribution is 2.09. The summed E-state index contributed by atoms with van der Waals surface area (Å²) in [6.45, 7) is 2.48. The number of carbonyl (C=O) groups excluding carboxylic acids is 7. The molecule has 368 valence electrons. The third kappa shape index (κ3) is 17.7. The molecule has 0 spiro atoms. The summed E-state index contributed by atoms with van der Waals surface area (Å²) in [5.74, 6) is -11.0. The Morgan fingerprint density at radius 3 is 1.25 bits per heavy atom. The first-order valence-electron chi connectivity index (χ1n) is 21.4. The third-order valence-corrected chi connectivity index (χ3v) is 10.3. The number of carboxylic acids is 3. The fraction of sp³-hybridized carbons (Fsp3) is 0.364. The van der Waals surface area contributed by atoms with E-state index in [0.717, 1.165) is 0 Å². The Kier molecular flexibility index (Phi) is 20.0. The molecule has 2 aromatic heterocycles. The number of hydrogen-bond donors (Lipinski definition) is 13. The van der Waals surface area contributed by atoms with Crippen molar-refractivity contribution in [3.63, 3.8) is 0 Å². The second-order valence-electron chi connectivity index (χ2n) is 15.8. The van der Waals surface area contributed by atoms with Crippen LogP contribution in [0.15, 0.2) is 85.7 Å². The first kappa shape index (κ1) is 53.1. The molecule has 69 heavy (non-hydrogen) atoms. The number of H-pyrrole nitrogens is 2. The molecule has 2 heterocycles. The van der Waals surface area contributed by atoms with Crippen molar-refractivity contribution < 1.29 is 63.3 Å². The maximum Gasteiger partial charge on any atom is 0.326 e. The molecule has 0 aliphatic carbocycles. The lowest BCUT2D eigenvalue weighted by atomic mass is 10.0. The minimum absolute atomic E-state index is 0.0804. The average Bonchev–Trinajstić information content (AvgIpc) is 4.03. The number of aromatic amines is 2. The smallest absolute Gasteiger partial charge is 0.326 e.